The van der Waals surface area contributed by atoms with Gasteiger partial charge < -0.3 is 14.1 Å². The summed E-state index contributed by atoms with van der Waals surface area (Å²) in [6.45, 7) is 2.59. The van der Waals surface area contributed by atoms with E-state index in [4.69, 9.17) is 16.0 Å². The van der Waals surface area contributed by atoms with Crippen LogP contribution >= 0.6 is 11.6 Å². The molecule has 0 aliphatic heterocycles. The monoisotopic (exact) mass is 439 g/mol. The smallest absolute Gasteiger partial charge is 0.336 e. The minimum absolute atomic E-state index is 0.133. The summed E-state index contributed by atoms with van der Waals surface area (Å²) in [4.78, 5) is 30.8. The number of carboxylic acid groups (broad SMARTS) is 1. The largest absolute Gasteiger partial charge is 0.478 e. The number of oxazole rings is 1. The van der Waals surface area contributed by atoms with Gasteiger partial charge in [-0.15, -0.1) is 11.6 Å². The highest BCUT2D eigenvalue weighted by Crippen LogP contribution is 2.27. The Hall–Kier alpha value is -3.45. The summed E-state index contributed by atoms with van der Waals surface area (Å²) < 4.78 is 7.52. The fraction of sp³-hybridized carbons (Fsp3) is 0.217. The molecule has 0 unspecified atom stereocenters. The first-order chi connectivity index (χ1) is 15.1. The zero-order valence-electron chi connectivity index (χ0n) is 17.0. The Bertz CT molecular complexity index is 1180. The van der Waals surface area contributed by atoms with Gasteiger partial charge in [0.05, 0.1) is 23.7 Å². The van der Waals surface area contributed by atoms with E-state index in [0.717, 1.165) is 24.2 Å². The molecule has 0 spiro atoms. The molecular formula is C23H22ClN3O4. The van der Waals surface area contributed by atoms with Crippen LogP contribution in [0.5, 0.6) is 0 Å². The molecule has 0 saturated heterocycles. The number of imidazole rings is 1. The minimum atomic E-state index is -1.04. The molecule has 2 aromatic heterocycles. The second-order valence-electron chi connectivity index (χ2n) is 6.78. The van der Waals surface area contributed by atoms with Gasteiger partial charge in [0.15, 0.2) is 11.9 Å². The van der Waals surface area contributed by atoms with Gasteiger partial charge in [-0.2, -0.15) is 0 Å². The summed E-state index contributed by atoms with van der Waals surface area (Å²) in [6.07, 6.45) is 6.20. The summed E-state index contributed by atoms with van der Waals surface area (Å²) in [5.41, 5.74) is 3.13. The number of alkyl halides is 1. The van der Waals surface area contributed by atoms with Crippen LogP contribution < -0.4 is 0 Å². The van der Waals surface area contributed by atoms with Gasteiger partial charge in [-0.25, -0.2) is 14.8 Å². The Balaban J connectivity index is 0.000000491. The van der Waals surface area contributed by atoms with Crippen LogP contribution in [-0.2, 0) is 6.54 Å². The number of carboxylic acids is 1. The third kappa shape index (κ3) is 5.38. The molecule has 7 nitrogen and oxygen atoms in total. The highest BCUT2D eigenvalue weighted by molar-refractivity contribution is 6.17. The minimum Gasteiger partial charge on any atom is -0.478 e. The molecule has 2 aromatic carbocycles. The van der Waals surface area contributed by atoms with Gasteiger partial charge in [0, 0.05) is 12.4 Å². The molecule has 0 bridgehead atoms. The lowest BCUT2D eigenvalue weighted by atomic mass is 10.1. The molecule has 31 heavy (non-hydrogen) atoms. The summed E-state index contributed by atoms with van der Waals surface area (Å²) in [5, 5.41) is 9.33. The van der Waals surface area contributed by atoms with Crippen LogP contribution in [-0.4, -0.2) is 37.8 Å². The third-order valence-electron chi connectivity index (χ3n) is 4.55. The number of hydrogen-bond acceptors (Lipinski definition) is 5. The normalized spacial score (nSPS) is 10.5. The SMILES string of the molecule is CCCCCl.O=Cc1cncn1Cc1ccc2nc(-c3ccccc3C(=O)O)oc2c1. The number of aromatic carboxylic acids is 1. The number of aromatic nitrogens is 3. The number of fused-ring (bicyclic) bond motifs is 1. The Morgan fingerprint density at radius 1 is 1.26 bits per heavy atom. The number of carbonyl (C=O) groups excluding carboxylic acids is 1. The van der Waals surface area contributed by atoms with Crippen molar-refractivity contribution in [3.8, 4) is 11.5 Å². The van der Waals surface area contributed by atoms with E-state index in [9.17, 15) is 14.7 Å². The van der Waals surface area contributed by atoms with E-state index >= 15 is 0 Å². The van der Waals surface area contributed by atoms with Crippen LogP contribution in [0.3, 0.4) is 0 Å². The van der Waals surface area contributed by atoms with Crippen molar-refractivity contribution in [3.63, 3.8) is 0 Å². The van der Waals surface area contributed by atoms with Crippen LogP contribution in [0.1, 0.15) is 46.2 Å². The van der Waals surface area contributed by atoms with E-state index in [1.807, 2.05) is 12.1 Å². The molecule has 0 aliphatic rings. The van der Waals surface area contributed by atoms with E-state index in [0.29, 0.717) is 28.9 Å². The Morgan fingerprint density at radius 3 is 2.74 bits per heavy atom. The molecule has 0 radical (unpaired) electrons. The van der Waals surface area contributed by atoms with Crippen molar-refractivity contribution in [2.24, 2.45) is 0 Å². The highest BCUT2D eigenvalue weighted by Gasteiger charge is 2.16. The van der Waals surface area contributed by atoms with Crippen LogP contribution in [0.2, 0.25) is 0 Å². The quantitative estimate of drug-likeness (QED) is 0.311. The first-order valence-corrected chi connectivity index (χ1v) is 10.3. The summed E-state index contributed by atoms with van der Waals surface area (Å²) >= 11 is 5.30. The van der Waals surface area contributed by atoms with Crippen molar-refractivity contribution >= 4 is 35.0 Å². The average Bonchev–Trinajstić information content (AvgIpc) is 3.41. The number of nitrogens with zero attached hydrogens (tertiary/aromatic N) is 3. The molecule has 0 saturated carbocycles. The van der Waals surface area contributed by atoms with Gasteiger partial charge in [0.25, 0.3) is 0 Å². The second kappa shape index (κ2) is 10.5. The topological polar surface area (TPSA) is 98.2 Å². The first-order valence-electron chi connectivity index (χ1n) is 9.80. The zero-order chi connectivity index (χ0) is 22.2. The van der Waals surface area contributed by atoms with E-state index in [-0.39, 0.29) is 11.5 Å². The molecule has 0 atom stereocenters. The van der Waals surface area contributed by atoms with Crippen molar-refractivity contribution in [3.05, 3.63) is 71.8 Å². The maximum Gasteiger partial charge on any atom is 0.336 e. The fourth-order valence-electron chi connectivity index (χ4n) is 2.93. The number of carbonyl (C=O) groups is 2. The van der Waals surface area contributed by atoms with Gasteiger partial charge >= 0.3 is 5.97 Å². The van der Waals surface area contributed by atoms with Crippen molar-refractivity contribution in [1.29, 1.82) is 0 Å². The van der Waals surface area contributed by atoms with E-state index in [1.54, 1.807) is 35.2 Å². The molecule has 0 aliphatic carbocycles. The molecule has 4 aromatic rings. The van der Waals surface area contributed by atoms with E-state index in [2.05, 4.69) is 16.9 Å². The van der Waals surface area contributed by atoms with Crippen molar-refractivity contribution in [2.75, 3.05) is 5.88 Å². The summed E-state index contributed by atoms with van der Waals surface area (Å²) in [5.74, 6) is 0.0349. The van der Waals surface area contributed by atoms with Gasteiger partial charge in [0.1, 0.15) is 11.2 Å². The number of benzene rings is 2. The molecular weight excluding hydrogens is 418 g/mol. The molecule has 1 N–H and O–H groups in total. The standard InChI is InChI=1S/C19H13N3O4.C4H9Cl/c23-10-13-8-20-11-22(13)9-12-5-6-16-17(7-12)26-18(21-16)14-3-1-2-4-15(14)19(24)25;1-2-3-4-5/h1-8,10-11H,9H2,(H,24,25);2-4H2,1H3. The fourth-order valence-corrected chi connectivity index (χ4v) is 3.20. The number of unbranched alkanes of at least 4 members (excludes halogenated alkanes) is 1. The van der Waals surface area contributed by atoms with Gasteiger partial charge in [0.2, 0.25) is 5.89 Å². The maximum absolute atomic E-state index is 11.4. The van der Waals surface area contributed by atoms with Crippen molar-refractivity contribution < 1.29 is 19.1 Å². The molecule has 0 amide bonds. The lowest BCUT2D eigenvalue weighted by molar-refractivity contribution is 0.0697. The van der Waals surface area contributed by atoms with Crippen LogP contribution in [0, 0.1) is 0 Å². The lowest BCUT2D eigenvalue weighted by Crippen LogP contribution is -2.01. The molecule has 8 heteroatoms. The van der Waals surface area contributed by atoms with Gasteiger partial charge in [-0.3, -0.25) is 4.79 Å². The Labute approximate surface area is 184 Å². The number of aldehydes is 1. The number of rotatable bonds is 7. The predicted octanol–water partition coefficient (Wildman–Crippen LogP) is 5.28. The highest BCUT2D eigenvalue weighted by atomic mass is 35.5. The zero-order valence-corrected chi connectivity index (χ0v) is 17.7. The van der Waals surface area contributed by atoms with Crippen molar-refractivity contribution in [1.82, 2.24) is 14.5 Å². The van der Waals surface area contributed by atoms with Crippen LogP contribution in [0.4, 0.5) is 0 Å². The van der Waals surface area contributed by atoms with Crippen LogP contribution in [0.25, 0.3) is 22.6 Å². The average molecular weight is 440 g/mol. The number of hydrogen-bond donors (Lipinski definition) is 1. The van der Waals surface area contributed by atoms with Crippen LogP contribution in [0.15, 0.2) is 59.4 Å². The Morgan fingerprint density at radius 2 is 2.06 bits per heavy atom. The van der Waals surface area contributed by atoms with Gasteiger partial charge in [-0.05, 0) is 36.2 Å². The van der Waals surface area contributed by atoms with Crippen molar-refractivity contribution in [2.45, 2.75) is 26.3 Å². The van der Waals surface area contributed by atoms with E-state index in [1.165, 1.54) is 18.7 Å². The third-order valence-corrected chi connectivity index (χ3v) is 4.81. The van der Waals surface area contributed by atoms with E-state index < -0.39 is 5.97 Å². The maximum atomic E-state index is 11.4. The Kier molecular flexibility index (Phi) is 7.56. The number of halogens is 1. The molecule has 4 rings (SSSR count). The first kappa shape index (κ1) is 22.2. The molecule has 2 heterocycles. The lowest BCUT2D eigenvalue weighted by Gasteiger charge is -2.04. The molecule has 0 fully saturated rings. The summed E-state index contributed by atoms with van der Waals surface area (Å²) in [6, 6.07) is 12.1. The predicted molar refractivity (Wildman–Crippen MR) is 119 cm³/mol. The second-order valence-corrected chi connectivity index (χ2v) is 7.16. The van der Waals surface area contributed by atoms with Gasteiger partial charge in [-0.1, -0.05) is 31.5 Å². The molecule has 160 valence electrons. The summed E-state index contributed by atoms with van der Waals surface area (Å²) in [7, 11) is 0.